The van der Waals surface area contributed by atoms with E-state index in [1.165, 1.54) is 22.5 Å². The van der Waals surface area contributed by atoms with E-state index < -0.39 is 5.91 Å². The van der Waals surface area contributed by atoms with Crippen molar-refractivity contribution in [2.45, 2.75) is 39.7 Å². The Labute approximate surface area is 159 Å². The van der Waals surface area contributed by atoms with Gasteiger partial charge in [-0.2, -0.15) is 0 Å². The van der Waals surface area contributed by atoms with E-state index in [4.69, 9.17) is 5.73 Å². The lowest BCUT2D eigenvalue weighted by Crippen LogP contribution is -2.88. The molecule has 0 unspecified atom stereocenters. The van der Waals surface area contributed by atoms with Crippen LogP contribution < -0.4 is 16.4 Å². The zero-order valence-corrected chi connectivity index (χ0v) is 16.6. The molecule has 0 spiro atoms. The number of primary amides is 1. The molecule has 0 aliphatic heterocycles. The summed E-state index contributed by atoms with van der Waals surface area (Å²) in [6.45, 7) is 8.94. The normalized spacial score (nSPS) is 12.4. The van der Waals surface area contributed by atoms with Crippen molar-refractivity contribution in [3.63, 3.8) is 0 Å². The van der Waals surface area contributed by atoms with Crippen LogP contribution in [0.25, 0.3) is 0 Å². The maximum absolute atomic E-state index is 12.3. The average molecular weight is 375 g/mol. The van der Waals surface area contributed by atoms with Crippen LogP contribution in [0, 0.1) is 5.92 Å². The van der Waals surface area contributed by atoms with Gasteiger partial charge >= 0.3 is 0 Å². The fourth-order valence-corrected chi connectivity index (χ4v) is 3.72. The number of hydrogen-bond donors (Lipinski definition) is 3. The molecular weight excluding hydrogens is 346 g/mol. The van der Waals surface area contributed by atoms with Gasteiger partial charge in [0.05, 0.1) is 5.56 Å². The lowest BCUT2D eigenvalue weighted by atomic mass is 9.93. The lowest BCUT2D eigenvalue weighted by molar-refractivity contribution is -0.692. The van der Waals surface area contributed by atoms with Crippen LogP contribution in [0.5, 0.6) is 0 Å². The second-order valence-electron chi connectivity index (χ2n) is 7.11. The van der Waals surface area contributed by atoms with Crippen molar-refractivity contribution < 1.29 is 14.9 Å². The van der Waals surface area contributed by atoms with E-state index in [0.29, 0.717) is 22.4 Å². The molecule has 0 saturated heterocycles. The first-order valence-electron chi connectivity index (χ1n) is 8.90. The summed E-state index contributed by atoms with van der Waals surface area (Å²) in [4.78, 5) is 23.6. The molecule has 0 fully saturated rings. The fraction of sp³-hybridized carbons (Fsp3) is 0.400. The molecule has 2 rings (SSSR count). The first-order chi connectivity index (χ1) is 12.3. The number of nitrogens with two attached hydrogens (primary N) is 2. The van der Waals surface area contributed by atoms with Crippen LogP contribution in [0.15, 0.2) is 35.7 Å². The molecular formula is C20H28N3O2S+. The monoisotopic (exact) mass is 374 g/mol. The standard InChI is InChI=1S/C20H27N3O2S/c1-12(2)14-5-7-15(8-6-14)18(13(3)4)22-11-17(24)23-20-16(19(21)25)9-10-26-20/h5-10,12-13,18,22H,11H2,1-4H3,(H2,21,25)(H,23,24)/p+1/t18-/m0/s1. The number of carbonyl (C=O) groups is 2. The minimum absolute atomic E-state index is 0.139. The van der Waals surface area contributed by atoms with E-state index in [2.05, 4.69) is 57.3 Å². The molecule has 1 aromatic carbocycles. The van der Waals surface area contributed by atoms with Gasteiger partial charge < -0.3 is 16.4 Å². The Morgan fingerprint density at radius 3 is 2.23 bits per heavy atom. The Bertz CT molecular complexity index is 751. The topological polar surface area (TPSA) is 88.8 Å². The molecule has 2 aromatic rings. The van der Waals surface area contributed by atoms with E-state index in [0.717, 1.165) is 0 Å². The van der Waals surface area contributed by atoms with Crippen LogP contribution >= 0.6 is 11.3 Å². The Morgan fingerprint density at radius 1 is 1.08 bits per heavy atom. The lowest BCUT2D eigenvalue weighted by Gasteiger charge is -2.20. The molecule has 1 heterocycles. The number of thiophene rings is 1. The Hall–Kier alpha value is -2.18. The molecule has 5 N–H and O–H groups in total. The van der Waals surface area contributed by atoms with Crippen molar-refractivity contribution in [3.05, 3.63) is 52.4 Å². The molecule has 1 aromatic heterocycles. The number of hydrogen-bond acceptors (Lipinski definition) is 3. The number of amides is 2. The number of benzene rings is 1. The van der Waals surface area contributed by atoms with Crippen LogP contribution in [0.4, 0.5) is 5.00 Å². The summed E-state index contributed by atoms with van der Waals surface area (Å²) in [6, 6.07) is 10.4. The summed E-state index contributed by atoms with van der Waals surface area (Å²) in [6.07, 6.45) is 0. The Morgan fingerprint density at radius 2 is 1.69 bits per heavy atom. The van der Waals surface area contributed by atoms with Gasteiger partial charge in [0.2, 0.25) is 0 Å². The van der Waals surface area contributed by atoms with E-state index in [-0.39, 0.29) is 18.5 Å². The van der Waals surface area contributed by atoms with Gasteiger partial charge in [0.25, 0.3) is 11.8 Å². The second kappa shape index (κ2) is 8.96. The summed E-state index contributed by atoms with van der Waals surface area (Å²) in [5.41, 5.74) is 8.19. The number of carbonyl (C=O) groups excluding carboxylic acids is 2. The van der Waals surface area contributed by atoms with Crippen molar-refractivity contribution >= 4 is 28.2 Å². The highest BCUT2D eigenvalue weighted by molar-refractivity contribution is 7.14. The average Bonchev–Trinajstić information content (AvgIpc) is 3.03. The molecule has 26 heavy (non-hydrogen) atoms. The van der Waals surface area contributed by atoms with Gasteiger partial charge in [0.15, 0.2) is 6.54 Å². The number of rotatable bonds is 8. The largest absolute Gasteiger partial charge is 0.366 e. The van der Waals surface area contributed by atoms with Gasteiger partial charge in [-0.1, -0.05) is 52.0 Å². The molecule has 0 radical (unpaired) electrons. The summed E-state index contributed by atoms with van der Waals surface area (Å²) < 4.78 is 0. The molecule has 0 saturated carbocycles. The van der Waals surface area contributed by atoms with Crippen LogP contribution in [0.3, 0.4) is 0 Å². The third kappa shape index (κ3) is 5.16. The molecule has 2 amide bonds. The van der Waals surface area contributed by atoms with Gasteiger partial charge in [-0.25, -0.2) is 0 Å². The van der Waals surface area contributed by atoms with E-state index in [1.807, 2.05) is 5.32 Å². The fourth-order valence-electron chi connectivity index (χ4n) is 2.91. The molecule has 0 aliphatic rings. The summed E-state index contributed by atoms with van der Waals surface area (Å²) >= 11 is 1.30. The third-order valence-corrected chi connectivity index (χ3v) is 5.28. The quantitative estimate of drug-likeness (QED) is 0.663. The van der Waals surface area contributed by atoms with Gasteiger partial charge in [-0.05, 0) is 22.9 Å². The highest BCUT2D eigenvalue weighted by Crippen LogP contribution is 2.23. The van der Waals surface area contributed by atoms with Gasteiger partial charge in [-0.3, -0.25) is 9.59 Å². The predicted molar refractivity (Wildman–Crippen MR) is 106 cm³/mol. The van der Waals surface area contributed by atoms with Gasteiger partial charge in [0, 0.05) is 11.5 Å². The minimum Gasteiger partial charge on any atom is -0.366 e. The first kappa shape index (κ1) is 20.1. The van der Waals surface area contributed by atoms with E-state index in [1.54, 1.807) is 11.4 Å². The number of anilines is 1. The maximum atomic E-state index is 12.3. The highest BCUT2D eigenvalue weighted by Gasteiger charge is 2.21. The number of quaternary nitrogens is 1. The number of nitrogens with one attached hydrogen (secondary N) is 1. The predicted octanol–water partition coefficient (Wildman–Crippen LogP) is 2.87. The summed E-state index contributed by atoms with van der Waals surface area (Å²) in [5.74, 6) is 0.215. The van der Waals surface area contributed by atoms with Crippen molar-refractivity contribution in [1.82, 2.24) is 0 Å². The van der Waals surface area contributed by atoms with Gasteiger partial charge in [-0.15, -0.1) is 11.3 Å². The molecule has 5 nitrogen and oxygen atoms in total. The Balaban J connectivity index is 2.00. The molecule has 140 valence electrons. The summed E-state index contributed by atoms with van der Waals surface area (Å²) in [7, 11) is 0. The van der Waals surface area contributed by atoms with Crippen molar-refractivity contribution in [3.8, 4) is 0 Å². The SMILES string of the molecule is CC(C)c1ccc([C@@H]([NH2+]CC(=O)Nc2sccc2C(N)=O)C(C)C)cc1. The highest BCUT2D eigenvalue weighted by atomic mass is 32.1. The summed E-state index contributed by atoms with van der Waals surface area (Å²) in [5, 5.41) is 7.09. The van der Waals surface area contributed by atoms with Gasteiger partial charge in [0.1, 0.15) is 11.0 Å². The van der Waals surface area contributed by atoms with Crippen molar-refractivity contribution in [1.29, 1.82) is 0 Å². The Kier molecular flexibility index (Phi) is 6.94. The first-order valence-corrected chi connectivity index (χ1v) is 9.77. The van der Waals surface area contributed by atoms with E-state index in [9.17, 15) is 9.59 Å². The zero-order valence-electron chi connectivity index (χ0n) is 15.8. The van der Waals surface area contributed by atoms with Crippen molar-refractivity contribution in [2.24, 2.45) is 11.7 Å². The molecule has 1 atom stereocenters. The van der Waals surface area contributed by atoms with Crippen LogP contribution in [0.1, 0.15) is 61.1 Å². The zero-order chi connectivity index (χ0) is 19.3. The third-order valence-electron chi connectivity index (χ3n) is 4.45. The molecule has 0 bridgehead atoms. The van der Waals surface area contributed by atoms with E-state index >= 15 is 0 Å². The maximum Gasteiger partial charge on any atom is 0.280 e. The van der Waals surface area contributed by atoms with Crippen LogP contribution in [0.2, 0.25) is 0 Å². The van der Waals surface area contributed by atoms with Crippen LogP contribution in [-0.2, 0) is 4.79 Å². The minimum atomic E-state index is -0.532. The second-order valence-corrected chi connectivity index (χ2v) is 8.02. The van der Waals surface area contributed by atoms with Crippen LogP contribution in [-0.4, -0.2) is 18.4 Å². The smallest absolute Gasteiger partial charge is 0.280 e. The molecule has 0 aliphatic carbocycles. The van der Waals surface area contributed by atoms with Crippen molar-refractivity contribution in [2.75, 3.05) is 11.9 Å². The molecule has 6 heteroatoms.